The van der Waals surface area contributed by atoms with Crippen LogP contribution >= 0.6 is 11.3 Å². The molecule has 0 fully saturated rings. The van der Waals surface area contributed by atoms with Gasteiger partial charge in [0.2, 0.25) is 0 Å². The first-order chi connectivity index (χ1) is 7.22. The summed E-state index contributed by atoms with van der Waals surface area (Å²) in [6.07, 6.45) is 3.49. The summed E-state index contributed by atoms with van der Waals surface area (Å²) < 4.78 is 0. The Morgan fingerprint density at radius 2 is 2.20 bits per heavy atom. The monoisotopic (exact) mass is 226 g/mol. The van der Waals surface area contributed by atoms with E-state index >= 15 is 0 Å². The Morgan fingerprint density at radius 1 is 1.47 bits per heavy atom. The molecule has 6 heteroatoms. The van der Waals surface area contributed by atoms with Crippen molar-refractivity contribution in [2.24, 2.45) is 5.16 Å². The van der Waals surface area contributed by atoms with Gasteiger partial charge >= 0.3 is 5.00 Å². The molecule has 0 atom stereocenters. The highest BCUT2D eigenvalue weighted by Crippen LogP contribution is 2.33. The number of hydrogen-bond donors (Lipinski definition) is 1. The van der Waals surface area contributed by atoms with Gasteiger partial charge in [0.1, 0.15) is 0 Å². The Kier molecular flexibility index (Phi) is 2.68. The molecule has 0 radical (unpaired) electrons. The van der Waals surface area contributed by atoms with Gasteiger partial charge in [-0.1, -0.05) is 16.5 Å². The second-order valence-electron chi connectivity index (χ2n) is 3.43. The molecule has 0 amide bonds. The van der Waals surface area contributed by atoms with Gasteiger partial charge < -0.3 is 5.21 Å². The van der Waals surface area contributed by atoms with Crippen molar-refractivity contribution < 1.29 is 10.1 Å². The molecule has 0 spiro atoms. The normalized spacial score (nSPS) is 18.5. The molecule has 1 aliphatic carbocycles. The molecule has 0 unspecified atom stereocenters. The lowest BCUT2D eigenvalue weighted by molar-refractivity contribution is -0.380. The average Bonchev–Trinajstić information content (AvgIpc) is 2.54. The zero-order chi connectivity index (χ0) is 10.8. The number of hydrogen-bond acceptors (Lipinski definition) is 5. The minimum absolute atomic E-state index is 0.128. The third-order valence-electron chi connectivity index (χ3n) is 2.47. The Morgan fingerprint density at radius 3 is 2.87 bits per heavy atom. The topological polar surface area (TPSA) is 75.7 Å². The number of nitrogens with zero attached hydrogens (tertiary/aromatic N) is 2. The molecule has 1 heterocycles. The molecule has 0 saturated heterocycles. The van der Waals surface area contributed by atoms with Crippen LogP contribution in [0.4, 0.5) is 5.00 Å². The van der Waals surface area contributed by atoms with Crippen LogP contribution in [-0.4, -0.2) is 15.8 Å². The smallest absolute Gasteiger partial charge is 0.325 e. The summed E-state index contributed by atoms with van der Waals surface area (Å²) in [7, 11) is 0. The highest BCUT2D eigenvalue weighted by Gasteiger charge is 2.22. The lowest BCUT2D eigenvalue weighted by Gasteiger charge is -1.97. The predicted octanol–water partition coefficient (Wildman–Crippen LogP) is 2.56. The summed E-state index contributed by atoms with van der Waals surface area (Å²) in [6, 6.07) is 1.51. The van der Waals surface area contributed by atoms with E-state index in [0.717, 1.165) is 29.7 Å². The van der Waals surface area contributed by atoms with Crippen LogP contribution in [0.25, 0.3) is 0 Å². The molecule has 1 aromatic heterocycles. The summed E-state index contributed by atoms with van der Waals surface area (Å²) in [5, 5.41) is 22.8. The molecule has 80 valence electrons. The summed E-state index contributed by atoms with van der Waals surface area (Å²) in [5.41, 5.74) is 1.33. The van der Waals surface area contributed by atoms with Gasteiger partial charge in [-0.15, -0.1) is 0 Å². The van der Waals surface area contributed by atoms with Gasteiger partial charge in [-0.3, -0.25) is 10.1 Å². The van der Waals surface area contributed by atoms with Gasteiger partial charge in [-0.2, -0.15) is 0 Å². The van der Waals surface area contributed by atoms with E-state index in [9.17, 15) is 10.1 Å². The summed E-state index contributed by atoms with van der Waals surface area (Å²) in [6.45, 7) is 0. The number of nitro groups is 1. The Labute approximate surface area is 90.2 Å². The van der Waals surface area contributed by atoms with Crippen LogP contribution in [0.3, 0.4) is 0 Å². The fourth-order valence-electron chi connectivity index (χ4n) is 1.75. The minimum atomic E-state index is -0.395. The minimum Gasteiger partial charge on any atom is -0.411 e. The second-order valence-corrected chi connectivity index (χ2v) is 4.55. The van der Waals surface area contributed by atoms with Crippen molar-refractivity contribution in [3.8, 4) is 0 Å². The van der Waals surface area contributed by atoms with Gasteiger partial charge in [-0.05, 0) is 25.7 Å². The third kappa shape index (κ3) is 1.85. The van der Waals surface area contributed by atoms with E-state index in [4.69, 9.17) is 5.21 Å². The van der Waals surface area contributed by atoms with E-state index < -0.39 is 4.92 Å². The van der Waals surface area contributed by atoms with Crippen molar-refractivity contribution in [1.29, 1.82) is 0 Å². The van der Waals surface area contributed by atoms with E-state index in [-0.39, 0.29) is 5.00 Å². The van der Waals surface area contributed by atoms with Crippen molar-refractivity contribution in [3.05, 3.63) is 26.6 Å². The van der Waals surface area contributed by atoms with Crippen LogP contribution in [0.1, 0.15) is 29.7 Å². The van der Waals surface area contributed by atoms with Crippen LogP contribution in [0.5, 0.6) is 0 Å². The maximum absolute atomic E-state index is 10.6. The van der Waals surface area contributed by atoms with Gasteiger partial charge in [0, 0.05) is 16.5 Å². The molecule has 0 aromatic carbocycles. The zero-order valence-corrected chi connectivity index (χ0v) is 8.79. The van der Waals surface area contributed by atoms with Crippen LogP contribution in [0.15, 0.2) is 11.2 Å². The SMILES string of the molecule is O=[N+]([O-])c1cc2c(s1)CCCCC2=NO. The van der Waals surface area contributed by atoms with E-state index in [1.807, 2.05) is 0 Å². The lowest BCUT2D eigenvalue weighted by atomic mass is 10.1. The van der Waals surface area contributed by atoms with Crippen LogP contribution in [0, 0.1) is 10.1 Å². The van der Waals surface area contributed by atoms with Crippen LogP contribution in [-0.2, 0) is 6.42 Å². The van der Waals surface area contributed by atoms with E-state index in [1.54, 1.807) is 0 Å². The first-order valence-corrected chi connectivity index (χ1v) is 5.52. The second kappa shape index (κ2) is 3.98. The molecule has 1 N–H and O–H groups in total. The van der Waals surface area contributed by atoms with Crippen LogP contribution < -0.4 is 0 Å². The Hall–Kier alpha value is -1.43. The fourth-order valence-corrected chi connectivity index (χ4v) is 2.79. The van der Waals surface area contributed by atoms with Crippen molar-refractivity contribution in [3.63, 3.8) is 0 Å². The highest BCUT2D eigenvalue weighted by atomic mass is 32.1. The maximum atomic E-state index is 10.6. The number of fused-ring (bicyclic) bond motifs is 1. The van der Waals surface area contributed by atoms with Crippen molar-refractivity contribution in [2.45, 2.75) is 25.7 Å². The first-order valence-electron chi connectivity index (χ1n) is 4.71. The van der Waals surface area contributed by atoms with E-state index in [2.05, 4.69) is 5.16 Å². The van der Waals surface area contributed by atoms with Crippen molar-refractivity contribution >= 4 is 22.0 Å². The van der Waals surface area contributed by atoms with Gasteiger partial charge in [0.25, 0.3) is 0 Å². The van der Waals surface area contributed by atoms with Crippen molar-refractivity contribution in [1.82, 2.24) is 0 Å². The number of thiophene rings is 1. The highest BCUT2D eigenvalue weighted by molar-refractivity contribution is 7.15. The molecule has 1 aliphatic rings. The average molecular weight is 226 g/mol. The fraction of sp³-hybridized carbons (Fsp3) is 0.444. The van der Waals surface area contributed by atoms with E-state index in [0.29, 0.717) is 12.1 Å². The molecule has 15 heavy (non-hydrogen) atoms. The van der Waals surface area contributed by atoms with E-state index in [1.165, 1.54) is 17.4 Å². The number of oxime groups is 1. The molecule has 0 bridgehead atoms. The Bertz CT molecular complexity index is 425. The largest absolute Gasteiger partial charge is 0.411 e. The van der Waals surface area contributed by atoms with Gasteiger partial charge in [0.05, 0.1) is 10.6 Å². The summed E-state index contributed by atoms with van der Waals surface area (Å²) in [5.74, 6) is 0. The summed E-state index contributed by atoms with van der Waals surface area (Å²) >= 11 is 1.18. The quantitative estimate of drug-likeness (QED) is 0.346. The number of aryl methyl sites for hydroxylation is 1. The standard InChI is InChI=1S/C9H10N2O3S/c12-10-7-3-1-2-4-8-6(7)5-9(15-8)11(13)14/h5,12H,1-4H2. The molecular weight excluding hydrogens is 216 g/mol. The van der Waals surface area contributed by atoms with Crippen molar-refractivity contribution in [2.75, 3.05) is 0 Å². The van der Waals surface area contributed by atoms with Gasteiger partial charge in [0.15, 0.2) is 0 Å². The summed E-state index contributed by atoms with van der Waals surface area (Å²) in [4.78, 5) is 11.2. The number of rotatable bonds is 1. The Balaban J connectivity index is 2.47. The molecule has 1 aromatic rings. The molecule has 0 aliphatic heterocycles. The predicted molar refractivity (Wildman–Crippen MR) is 56.9 cm³/mol. The zero-order valence-electron chi connectivity index (χ0n) is 7.97. The molecule has 5 nitrogen and oxygen atoms in total. The lowest BCUT2D eigenvalue weighted by Crippen LogP contribution is -1.98. The molecule has 2 rings (SSSR count). The third-order valence-corrected chi connectivity index (χ3v) is 3.62. The molecule has 0 saturated carbocycles. The molecular formula is C9H10N2O3S. The van der Waals surface area contributed by atoms with Gasteiger partial charge in [-0.25, -0.2) is 0 Å². The first kappa shape index (κ1) is 10.1. The van der Waals surface area contributed by atoms with Crippen LogP contribution in [0.2, 0.25) is 0 Å². The maximum Gasteiger partial charge on any atom is 0.325 e.